The molecule has 0 bridgehead atoms. The molecular weight excluding hydrogens is 320 g/mol. The van der Waals surface area contributed by atoms with Gasteiger partial charge < -0.3 is 14.6 Å². The quantitative estimate of drug-likeness (QED) is 0.540. The van der Waals surface area contributed by atoms with Crippen molar-refractivity contribution in [1.82, 2.24) is 9.88 Å². The van der Waals surface area contributed by atoms with E-state index in [1.54, 1.807) is 0 Å². The summed E-state index contributed by atoms with van der Waals surface area (Å²) in [6, 6.07) is 8.23. The van der Waals surface area contributed by atoms with Gasteiger partial charge in [-0.3, -0.25) is 0 Å². The lowest BCUT2D eigenvalue weighted by Crippen LogP contribution is -2.21. The SMILES string of the molecule is C1=CCC(C2=CCN(CCCCOc3cccc4[nH]ccc34)C=C2)=CC1. The third kappa shape index (κ3) is 3.93. The second-order valence-corrected chi connectivity index (χ2v) is 6.86. The van der Waals surface area contributed by atoms with E-state index in [9.17, 15) is 0 Å². The molecule has 2 aliphatic rings. The van der Waals surface area contributed by atoms with Crippen LogP contribution in [0.3, 0.4) is 0 Å². The van der Waals surface area contributed by atoms with Gasteiger partial charge in [0.15, 0.2) is 0 Å². The van der Waals surface area contributed by atoms with Crippen molar-refractivity contribution in [3.63, 3.8) is 0 Å². The number of allylic oxidation sites excluding steroid dienone is 6. The predicted octanol–water partition coefficient (Wildman–Crippen LogP) is 5.36. The lowest BCUT2D eigenvalue weighted by atomic mass is 9.96. The molecule has 4 rings (SSSR count). The Bertz CT molecular complexity index is 869. The number of nitrogens with zero attached hydrogens (tertiary/aromatic N) is 1. The van der Waals surface area contributed by atoms with Crippen LogP contribution in [0.4, 0.5) is 0 Å². The molecule has 134 valence electrons. The van der Waals surface area contributed by atoms with Crippen LogP contribution in [0, 0.1) is 0 Å². The Morgan fingerprint density at radius 3 is 2.92 bits per heavy atom. The van der Waals surface area contributed by atoms with E-state index in [0.29, 0.717) is 0 Å². The van der Waals surface area contributed by atoms with Gasteiger partial charge in [-0.1, -0.05) is 30.4 Å². The number of hydrogen-bond acceptors (Lipinski definition) is 2. The van der Waals surface area contributed by atoms with Crippen LogP contribution in [0.15, 0.2) is 78.2 Å². The molecule has 0 saturated heterocycles. The van der Waals surface area contributed by atoms with Crippen LogP contribution in [-0.2, 0) is 0 Å². The molecule has 0 atom stereocenters. The Labute approximate surface area is 155 Å². The van der Waals surface area contributed by atoms with Gasteiger partial charge in [0.05, 0.1) is 6.61 Å². The normalized spacial score (nSPS) is 16.7. The number of aromatic nitrogens is 1. The van der Waals surface area contributed by atoms with Crippen LogP contribution in [0.25, 0.3) is 10.9 Å². The highest BCUT2D eigenvalue weighted by Gasteiger charge is 2.09. The third-order valence-electron chi connectivity index (χ3n) is 5.04. The molecule has 1 aliphatic carbocycles. The molecule has 1 aliphatic heterocycles. The summed E-state index contributed by atoms with van der Waals surface area (Å²) in [5, 5.41) is 1.16. The Kier molecular flexibility index (Phi) is 5.25. The molecular formula is C23H26N2O. The number of aromatic amines is 1. The van der Waals surface area contributed by atoms with E-state index >= 15 is 0 Å². The lowest BCUT2D eigenvalue weighted by molar-refractivity contribution is 0.296. The summed E-state index contributed by atoms with van der Waals surface area (Å²) in [4.78, 5) is 5.61. The van der Waals surface area contributed by atoms with Gasteiger partial charge >= 0.3 is 0 Å². The van der Waals surface area contributed by atoms with Crippen molar-refractivity contribution < 1.29 is 4.74 Å². The molecule has 0 fully saturated rings. The number of H-pyrrole nitrogens is 1. The van der Waals surface area contributed by atoms with Crippen LogP contribution >= 0.6 is 0 Å². The van der Waals surface area contributed by atoms with Gasteiger partial charge in [0.1, 0.15) is 5.75 Å². The van der Waals surface area contributed by atoms with Crippen molar-refractivity contribution in [2.75, 3.05) is 19.7 Å². The highest BCUT2D eigenvalue weighted by atomic mass is 16.5. The molecule has 1 N–H and O–H groups in total. The molecule has 1 aromatic carbocycles. The first-order valence-corrected chi connectivity index (χ1v) is 9.56. The maximum absolute atomic E-state index is 5.98. The van der Waals surface area contributed by atoms with Gasteiger partial charge in [-0.15, -0.1) is 0 Å². The van der Waals surface area contributed by atoms with E-state index in [0.717, 1.165) is 62.0 Å². The fraction of sp³-hybridized carbons (Fsp3) is 0.304. The van der Waals surface area contributed by atoms with E-state index in [-0.39, 0.29) is 0 Å². The second kappa shape index (κ2) is 8.13. The number of hydrogen-bond donors (Lipinski definition) is 1. The first-order chi connectivity index (χ1) is 12.9. The minimum absolute atomic E-state index is 0.766. The number of rotatable bonds is 7. The lowest BCUT2D eigenvalue weighted by Gasteiger charge is -2.24. The average molecular weight is 346 g/mol. The molecule has 2 aromatic rings. The molecule has 0 unspecified atom stereocenters. The zero-order valence-corrected chi connectivity index (χ0v) is 15.2. The van der Waals surface area contributed by atoms with Crippen molar-refractivity contribution in [3.05, 3.63) is 78.2 Å². The van der Waals surface area contributed by atoms with Crippen LogP contribution < -0.4 is 4.74 Å². The number of fused-ring (bicyclic) bond motifs is 1. The monoisotopic (exact) mass is 346 g/mol. The standard InChI is InChI=1S/C23H26N2O/c1-2-7-19(8-3-1)20-12-16-25(17-13-20)15-4-5-18-26-23-10-6-9-22-21(23)11-14-24-22/h1-2,6,8-14,16,24H,3-5,7,15,17-18H2. The summed E-state index contributed by atoms with van der Waals surface area (Å²) >= 11 is 0. The highest BCUT2D eigenvalue weighted by molar-refractivity contribution is 5.85. The number of benzene rings is 1. The van der Waals surface area contributed by atoms with Crippen molar-refractivity contribution >= 4 is 10.9 Å². The van der Waals surface area contributed by atoms with Crippen LogP contribution in [0.1, 0.15) is 25.7 Å². The van der Waals surface area contributed by atoms with Gasteiger partial charge in [-0.05, 0) is 67.3 Å². The van der Waals surface area contributed by atoms with Gasteiger partial charge in [0, 0.05) is 30.2 Å². The molecule has 0 spiro atoms. The van der Waals surface area contributed by atoms with E-state index in [1.165, 1.54) is 11.1 Å². The topological polar surface area (TPSA) is 28.3 Å². The van der Waals surface area contributed by atoms with E-state index in [4.69, 9.17) is 4.74 Å². The molecule has 1 aromatic heterocycles. The molecule has 3 nitrogen and oxygen atoms in total. The van der Waals surface area contributed by atoms with E-state index in [2.05, 4.69) is 58.6 Å². The fourth-order valence-corrected chi connectivity index (χ4v) is 3.55. The first-order valence-electron chi connectivity index (χ1n) is 9.56. The largest absolute Gasteiger partial charge is 0.493 e. The van der Waals surface area contributed by atoms with Gasteiger partial charge in [0.2, 0.25) is 0 Å². The average Bonchev–Trinajstić information content (AvgIpc) is 3.19. The Morgan fingerprint density at radius 2 is 2.08 bits per heavy atom. The summed E-state index contributed by atoms with van der Waals surface area (Å²) in [7, 11) is 0. The van der Waals surface area contributed by atoms with Gasteiger partial charge in [-0.2, -0.15) is 0 Å². The minimum atomic E-state index is 0.766. The highest BCUT2D eigenvalue weighted by Crippen LogP contribution is 2.25. The zero-order chi connectivity index (χ0) is 17.6. The third-order valence-corrected chi connectivity index (χ3v) is 5.04. The molecule has 26 heavy (non-hydrogen) atoms. The first kappa shape index (κ1) is 16.8. The van der Waals surface area contributed by atoms with Gasteiger partial charge in [-0.25, -0.2) is 0 Å². The summed E-state index contributed by atoms with van der Waals surface area (Å²) in [6.45, 7) is 2.86. The van der Waals surface area contributed by atoms with Crippen molar-refractivity contribution in [2.45, 2.75) is 25.7 Å². The maximum atomic E-state index is 5.98. The summed E-state index contributed by atoms with van der Waals surface area (Å²) < 4.78 is 5.98. The molecule has 0 radical (unpaired) electrons. The smallest absolute Gasteiger partial charge is 0.128 e. The zero-order valence-electron chi connectivity index (χ0n) is 15.2. The van der Waals surface area contributed by atoms with Crippen LogP contribution in [0.2, 0.25) is 0 Å². The number of nitrogens with one attached hydrogen (secondary N) is 1. The van der Waals surface area contributed by atoms with E-state index < -0.39 is 0 Å². The fourth-order valence-electron chi connectivity index (χ4n) is 3.55. The molecule has 3 heteroatoms. The van der Waals surface area contributed by atoms with Gasteiger partial charge in [0.25, 0.3) is 0 Å². The van der Waals surface area contributed by atoms with E-state index in [1.807, 2.05) is 18.3 Å². The molecule has 0 amide bonds. The van der Waals surface area contributed by atoms with Crippen molar-refractivity contribution in [2.24, 2.45) is 0 Å². The molecule has 2 heterocycles. The second-order valence-electron chi connectivity index (χ2n) is 6.86. The predicted molar refractivity (Wildman–Crippen MR) is 108 cm³/mol. The number of unbranched alkanes of at least 4 members (excludes halogenated alkanes) is 1. The maximum Gasteiger partial charge on any atom is 0.128 e. The summed E-state index contributed by atoms with van der Waals surface area (Å²) in [5.74, 6) is 0.976. The van der Waals surface area contributed by atoms with Crippen LogP contribution in [0.5, 0.6) is 5.75 Å². The molecule has 0 saturated carbocycles. The minimum Gasteiger partial charge on any atom is -0.493 e. The van der Waals surface area contributed by atoms with Crippen molar-refractivity contribution in [1.29, 1.82) is 0 Å². The Morgan fingerprint density at radius 1 is 1.08 bits per heavy atom. The summed E-state index contributed by atoms with van der Waals surface area (Å²) in [6.07, 6.45) is 20.0. The van der Waals surface area contributed by atoms with Crippen molar-refractivity contribution in [3.8, 4) is 5.75 Å². The number of ether oxygens (including phenoxy) is 1. The summed E-state index contributed by atoms with van der Waals surface area (Å²) in [5.41, 5.74) is 4.00. The Balaban J connectivity index is 1.18. The Hall–Kier alpha value is -2.68. The van der Waals surface area contributed by atoms with Crippen LogP contribution in [-0.4, -0.2) is 29.6 Å².